The molecule has 3 aromatic rings. The molecule has 0 aliphatic rings. The van der Waals surface area contributed by atoms with Crippen molar-refractivity contribution in [3.63, 3.8) is 0 Å². The molecular formula is C18H18F2N4O3. The third-order valence-corrected chi connectivity index (χ3v) is 3.62. The fourth-order valence-electron chi connectivity index (χ4n) is 2.53. The molecule has 0 aliphatic carbocycles. The highest BCUT2D eigenvalue weighted by atomic mass is 19.3. The van der Waals surface area contributed by atoms with Crippen LogP contribution in [0.15, 0.2) is 42.6 Å². The monoisotopic (exact) mass is 376 g/mol. The molecule has 1 N–H and O–H groups in total. The van der Waals surface area contributed by atoms with Crippen molar-refractivity contribution in [3.8, 4) is 22.8 Å². The van der Waals surface area contributed by atoms with E-state index in [0.717, 1.165) is 0 Å². The predicted molar refractivity (Wildman–Crippen MR) is 92.5 cm³/mol. The summed E-state index contributed by atoms with van der Waals surface area (Å²) < 4.78 is 36.6. The van der Waals surface area contributed by atoms with Crippen molar-refractivity contribution < 1.29 is 23.4 Å². The molecule has 1 aromatic carbocycles. The summed E-state index contributed by atoms with van der Waals surface area (Å²) in [5, 5.41) is 16.8. The van der Waals surface area contributed by atoms with Gasteiger partial charge in [0.2, 0.25) is 0 Å². The van der Waals surface area contributed by atoms with E-state index in [0.29, 0.717) is 41.5 Å². The van der Waals surface area contributed by atoms with Crippen LogP contribution in [0.1, 0.15) is 18.3 Å². The number of benzene rings is 1. The zero-order chi connectivity index (χ0) is 19.2. The van der Waals surface area contributed by atoms with E-state index in [4.69, 9.17) is 9.84 Å². The summed E-state index contributed by atoms with van der Waals surface area (Å²) in [7, 11) is 0. The Morgan fingerprint density at radius 2 is 2.04 bits per heavy atom. The van der Waals surface area contributed by atoms with Crippen LogP contribution in [0.3, 0.4) is 0 Å². The highest BCUT2D eigenvalue weighted by molar-refractivity contribution is 5.67. The van der Waals surface area contributed by atoms with Gasteiger partial charge in [0.1, 0.15) is 22.9 Å². The van der Waals surface area contributed by atoms with Crippen molar-refractivity contribution in [2.75, 3.05) is 6.61 Å². The predicted octanol–water partition coefficient (Wildman–Crippen LogP) is 2.88. The van der Waals surface area contributed by atoms with Crippen molar-refractivity contribution >= 4 is 0 Å². The number of aliphatic hydroxyl groups is 1. The minimum absolute atomic E-state index is 0.0426. The number of nitrogens with zero attached hydrogens (tertiary/aromatic N) is 4. The molecule has 0 aliphatic heterocycles. The van der Waals surface area contributed by atoms with Gasteiger partial charge in [-0.2, -0.15) is 8.78 Å². The van der Waals surface area contributed by atoms with E-state index in [1.807, 2.05) is 6.92 Å². The maximum Gasteiger partial charge on any atom is 0.387 e. The van der Waals surface area contributed by atoms with Crippen LogP contribution in [0.25, 0.3) is 11.3 Å². The van der Waals surface area contributed by atoms with Gasteiger partial charge in [-0.15, -0.1) is 5.10 Å². The van der Waals surface area contributed by atoms with E-state index in [-0.39, 0.29) is 12.4 Å². The van der Waals surface area contributed by atoms with Gasteiger partial charge in [-0.05, 0) is 31.2 Å². The number of aromatic nitrogens is 4. The zero-order valence-corrected chi connectivity index (χ0v) is 14.5. The maximum absolute atomic E-state index is 12.5. The lowest BCUT2D eigenvalue weighted by Crippen LogP contribution is -2.05. The summed E-state index contributed by atoms with van der Waals surface area (Å²) in [5.74, 6) is 0.575. The molecule has 0 saturated heterocycles. The molecule has 3 rings (SSSR count). The van der Waals surface area contributed by atoms with E-state index in [1.54, 1.807) is 35.1 Å². The van der Waals surface area contributed by atoms with Crippen molar-refractivity contribution in [1.82, 2.24) is 20.0 Å². The molecule has 2 heterocycles. The van der Waals surface area contributed by atoms with Crippen LogP contribution in [0, 0.1) is 0 Å². The largest absolute Gasteiger partial charge is 0.492 e. The Morgan fingerprint density at radius 1 is 1.19 bits per heavy atom. The SMILES string of the molecule is CCOc1ccc(Cn2cc(CO)nn2)nc1-c1cccc(OC(F)F)c1. The summed E-state index contributed by atoms with van der Waals surface area (Å²) in [6.07, 6.45) is 1.62. The first-order chi connectivity index (χ1) is 13.1. The van der Waals surface area contributed by atoms with Gasteiger partial charge < -0.3 is 14.6 Å². The second-order valence-corrected chi connectivity index (χ2v) is 5.55. The number of aliphatic hydroxyl groups excluding tert-OH is 1. The summed E-state index contributed by atoms with van der Waals surface area (Å²) >= 11 is 0. The lowest BCUT2D eigenvalue weighted by molar-refractivity contribution is -0.0498. The summed E-state index contributed by atoms with van der Waals surface area (Å²) in [6, 6.07) is 9.85. The fraction of sp³-hybridized carbons (Fsp3) is 0.278. The molecule has 0 bridgehead atoms. The van der Waals surface area contributed by atoms with Crippen LogP contribution in [0.2, 0.25) is 0 Å². The first kappa shape index (κ1) is 18.7. The minimum Gasteiger partial charge on any atom is -0.492 e. The topological polar surface area (TPSA) is 82.3 Å². The summed E-state index contributed by atoms with van der Waals surface area (Å²) in [5.41, 5.74) is 2.23. The van der Waals surface area contributed by atoms with E-state index in [1.165, 1.54) is 12.1 Å². The smallest absolute Gasteiger partial charge is 0.387 e. The highest BCUT2D eigenvalue weighted by Crippen LogP contribution is 2.31. The quantitative estimate of drug-likeness (QED) is 0.651. The average Bonchev–Trinajstić information content (AvgIpc) is 3.10. The Balaban J connectivity index is 1.94. The molecule has 142 valence electrons. The maximum atomic E-state index is 12.5. The molecule has 7 nitrogen and oxygen atoms in total. The molecule has 0 radical (unpaired) electrons. The Labute approximate surface area is 154 Å². The second kappa shape index (κ2) is 8.54. The van der Waals surface area contributed by atoms with Gasteiger partial charge in [0.05, 0.1) is 31.6 Å². The number of pyridine rings is 1. The first-order valence-corrected chi connectivity index (χ1v) is 8.27. The molecule has 27 heavy (non-hydrogen) atoms. The molecular weight excluding hydrogens is 358 g/mol. The van der Waals surface area contributed by atoms with Crippen LogP contribution in [0.5, 0.6) is 11.5 Å². The van der Waals surface area contributed by atoms with Crippen LogP contribution in [-0.4, -0.2) is 38.3 Å². The fourth-order valence-corrected chi connectivity index (χ4v) is 2.53. The Morgan fingerprint density at radius 3 is 2.74 bits per heavy atom. The first-order valence-electron chi connectivity index (χ1n) is 8.27. The number of alkyl halides is 2. The summed E-state index contributed by atoms with van der Waals surface area (Å²) in [4.78, 5) is 4.59. The normalized spacial score (nSPS) is 11.0. The average molecular weight is 376 g/mol. The van der Waals surface area contributed by atoms with E-state index in [9.17, 15) is 8.78 Å². The van der Waals surface area contributed by atoms with Gasteiger partial charge in [-0.25, -0.2) is 9.67 Å². The third kappa shape index (κ3) is 4.76. The van der Waals surface area contributed by atoms with Crippen molar-refractivity contribution in [3.05, 3.63) is 54.0 Å². The highest BCUT2D eigenvalue weighted by Gasteiger charge is 2.13. The number of rotatable bonds is 8. The number of ether oxygens (including phenoxy) is 2. The number of hydrogen-bond acceptors (Lipinski definition) is 6. The molecule has 9 heteroatoms. The van der Waals surface area contributed by atoms with Crippen LogP contribution in [-0.2, 0) is 13.2 Å². The van der Waals surface area contributed by atoms with Gasteiger partial charge >= 0.3 is 6.61 Å². The van der Waals surface area contributed by atoms with Gasteiger partial charge in [-0.3, -0.25) is 0 Å². The lowest BCUT2D eigenvalue weighted by atomic mass is 10.1. The Kier molecular flexibility index (Phi) is 5.92. The minimum atomic E-state index is -2.90. The molecule has 0 atom stereocenters. The molecule has 0 spiro atoms. The van der Waals surface area contributed by atoms with Crippen molar-refractivity contribution in [2.45, 2.75) is 26.7 Å². The molecule has 2 aromatic heterocycles. The molecule has 0 unspecified atom stereocenters. The molecule has 0 saturated carbocycles. The van der Waals surface area contributed by atoms with Gasteiger partial charge in [-0.1, -0.05) is 17.3 Å². The van der Waals surface area contributed by atoms with Crippen molar-refractivity contribution in [2.24, 2.45) is 0 Å². The molecule has 0 fully saturated rings. The summed E-state index contributed by atoms with van der Waals surface area (Å²) in [6.45, 7) is -0.485. The van der Waals surface area contributed by atoms with Crippen molar-refractivity contribution in [1.29, 1.82) is 0 Å². The van der Waals surface area contributed by atoms with Crippen LogP contribution < -0.4 is 9.47 Å². The van der Waals surface area contributed by atoms with Gasteiger partial charge in [0.25, 0.3) is 0 Å². The van der Waals surface area contributed by atoms with Crippen LogP contribution in [0.4, 0.5) is 8.78 Å². The molecule has 0 amide bonds. The Bertz CT molecular complexity index is 902. The van der Waals surface area contributed by atoms with E-state index < -0.39 is 6.61 Å². The Hall–Kier alpha value is -3.07. The second-order valence-electron chi connectivity index (χ2n) is 5.55. The number of hydrogen-bond donors (Lipinski definition) is 1. The number of halogens is 2. The standard InChI is InChI=1S/C18H18F2N4O3/c1-2-26-16-7-6-13(9-24-10-14(11-25)22-23-24)21-17(16)12-4-3-5-15(8-12)27-18(19)20/h3-8,10,18,25H,2,9,11H2,1H3. The van der Waals surface area contributed by atoms with Crippen LogP contribution >= 0.6 is 0 Å². The van der Waals surface area contributed by atoms with E-state index in [2.05, 4.69) is 20.0 Å². The van der Waals surface area contributed by atoms with Gasteiger partial charge in [0, 0.05) is 5.56 Å². The van der Waals surface area contributed by atoms with Gasteiger partial charge in [0.15, 0.2) is 0 Å². The third-order valence-electron chi connectivity index (χ3n) is 3.62. The van der Waals surface area contributed by atoms with E-state index >= 15 is 0 Å². The lowest BCUT2D eigenvalue weighted by Gasteiger charge is -2.13. The zero-order valence-electron chi connectivity index (χ0n) is 14.5.